The number of benzene rings is 1. The number of anilines is 1. The number of nitrogens with two attached hydrogens (primary N) is 1. The molecule has 0 amide bonds. The van der Waals surface area contributed by atoms with Crippen molar-refractivity contribution in [1.82, 2.24) is 0 Å². The molecule has 4 nitrogen and oxygen atoms in total. The van der Waals surface area contributed by atoms with Gasteiger partial charge < -0.3 is 20.5 Å². The molecule has 0 saturated carbocycles. The molecule has 19 heavy (non-hydrogen) atoms. The second kappa shape index (κ2) is 8.79. The Labute approximate surface area is 118 Å². The van der Waals surface area contributed by atoms with E-state index in [9.17, 15) is 4.39 Å². The highest BCUT2D eigenvalue weighted by atomic mass is 32.1. The van der Waals surface area contributed by atoms with Crippen LogP contribution in [0, 0.1) is 5.82 Å². The Morgan fingerprint density at radius 3 is 2.84 bits per heavy atom. The fraction of sp³-hybridized carbons (Fsp3) is 0.462. The molecule has 106 valence electrons. The summed E-state index contributed by atoms with van der Waals surface area (Å²) in [6.45, 7) is 2.44. The zero-order chi connectivity index (χ0) is 14.1. The highest BCUT2D eigenvalue weighted by Crippen LogP contribution is 2.18. The van der Waals surface area contributed by atoms with E-state index in [-0.39, 0.29) is 10.6 Å². The van der Waals surface area contributed by atoms with Gasteiger partial charge in [0.05, 0.1) is 18.8 Å². The minimum atomic E-state index is -0.408. The van der Waals surface area contributed by atoms with Gasteiger partial charge in [-0.25, -0.2) is 4.39 Å². The first kappa shape index (κ1) is 15.8. The molecule has 0 bridgehead atoms. The minimum absolute atomic E-state index is 0.0527. The van der Waals surface area contributed by atoms with Crippen molar-refractivity contribution < 1.29 is 13.9 Å². The Morgan fingerprint density at radius 1 is 1.37 bits per heavy atom. The number of methoxy groups -OCH3 is 1. The van der Waals surface area contributed by atoms with Crippen molar-refractivity contribution in [1.29, 1.82) is 0 Å². The van der Waals surface area contributed by atoms with Crippen molar-refractivity contribution >= 4 is 22.9 Å². The van der Waals surface area contributed by atoms with E-state index in [0.29, 0.717) is 32.1 Å². The van der Waals surface area contributed by atoms with Gasteiger partial charge in [-0.15, -0.1) is 0 Å². The summed E-state index contributed by atoms with van der Waals surface area (Å²) in [5, 5.41) is 3.11. The van der Waals surface area contributed by atoms with Crippen LogP contribution >= 0.6 is 12.2 Å². The first-order valence-corrected chi connectivity index (χ1v) is 6.46. The summed E-state index contributed by atoms with van der Waals surface area (Å²) in [5.74, 6) is -0.408. The van der Waals surface area contributed by atoms with Crippen LogP contribution in [0.5, 0.6) is 0 Å². The summed E-state index contributed by atoms with van der Waals surface area (Å²) in [6.07, 6.45) is 0.803. The topological polar surface area (TPSA) is 56.5 Å². The van der Waals surface area contributed by atoms with Crippen molar-refractivity contribution in [3.8, 4) is 0 Å². The van der Waals surface area contributed by atoms with Gasteiger partial charge in [0.2, 0.25) is 0 Å². The third kappa shape index (κ3) is 5.50. The zero-order valence-corrected chi connectivity index (χ0v) is 11.8. The fourth-order valence-corrected chi connectivity index (χ4v) is 1.77. The molecule has 0 spiro atoms. The fourth-order valence-electron chi connectivity index (χ4n) is 1.56. The number of ether oxygens (including phenoxy) is 2. The number of thiocarbonyl (C=S) groups is 1. The molecule has 0 radical (unpaired) electrons. The van der Waals surface area contributed by atoms with Crippen LogP contribution in [-0.2, 0) is 9.47 Å². The van der Waals surface area contributed by atoms with Crippen molar-refractivity contribution in [3.63, 3.8) is 0 Å². The normalized spacial score (nSPS) is 10.4. The first-order valence-electron chi connectivity index (χ1n) is 6.05. The molecule has 0 aliphatic rings. The first-order chi connectivity index (χ1) is 9.16. The van der Waals surface area contributed by atoms with Crippen LogP contribution in [-0.4, -0.2) is 38.5 Å². The summed E-state index contributed by atoms with van der Waals surface area (Å²) in [7, 11) is 1.63. The monoisotopic (exact) mass is 286 g/mol. The van der Waals surface area contributed by atoms with Gasteiger partial charge in [0, 0.05) is 25.9 Å². The lowest BCUT2D eigenvalue weighted by Gasteiger charge is -2.12. The van der Waals surface area contributed by atoms with Gasteiger partial charge >= 0.3 is 0 Å². The van der Waals surface area contributed by atoms with E-state index < -0.39 is 5.82 Å². The summed E-state index contributed by atoms with van der Waals surface area (Å²) >= 11 is 4.85. The Hall–Kier alpha value is -1.24. The molecule has 0 fully saturated rings. The lowest BCUT2D eigenvalue weighted by atomic mass is 10.1. The molecular formula is C13H19FN2O2S. The molecule has 0 aromatic heterocycles. The maximum absolute atomic E-state index is 13.6. The summed E-state index contributed by atoms with van der Waals surface area (Å²) in [4.78, 5) is 0.0527. The lowest BCUT2D eigenvalue weighted by Crippen LogP contribution is -2.16. The van der Waals surface area contributed by atoms with E-state index in [1.807, 2.05) is 0 Å². The number of hydrogen-bond donors (Lipinski definition) is 2. The van der Waals surface area contributed by atoms with Gasteiger partial charge in [0.15, 0.2) is 0 Å². The van der Waals surface area contributed by atoms with Crippen LogP contribution in [0.3, 0.4) is 0 Å². The molecule has 6 heteroatoms. The number of halogens is 1. The van der Waals surface area contributed by atoms with Gasteiger partial charge in [-0.05, 0) is 18.6 Å². The van der Waals surface area contributed by atoms with Crippen molar-refractivity contribution in [2.75, 3.05) is 38.8 Å². The summed E-state index contributed by atoms with van der Waals surface area (Å²) in [6, 6.07) is 4.71. The molecule has 3 N–H and O–H groups in total. The average Bonchev–Trinajstić information content (AvgIpc) is 2.37. The van der Waals surface area contributed by atoms with E-state index in [1.54, 1.807) is 19.2 Å². The van der Waals surface area contributed by atoms with E-state index in [4.69, 9.17) is 27.4 Å². The van der Waals surface area contributed by atoms with Gasteiger partial charge in [-0.2, -0.15) is 0 Å². The van der Waals surface area contributed by atoms with Crippen LogP contribution in [0.2, 0.25) is 0 Å². The highest BCUT2D eigenvalue weighted by molar-refractivity contribution is 7.80. The molecule has 0 atom stereocenters. The van der Waals surface area contributed by atoms with E-state index in [2.05, 4.69) is 5.32 Å². The molecule has 1 rings (SSSR count). The minimum Gasteiger partial charge on any atom is -0.389 e. The predicted molar refractivity (Wildman–Crippen MR) is 78.1 cm³/mol. The van der Waals surface area contributed by atoms with Crippen molar-refractivity contribution in [2.24, 2.45) is 5.73 Å². The lowest BCUT2D eigenvalue weighted by molar-refractivity contribution is 0.0705. The maximum Gasteiger partial charge on any atom is 0.135 e. The van der Waals surface area contributed by atoms with Crippen molar-refractivity contribution in [3.05, 3.63) is 29.6 Å². The molecule has 0 unspecified atom stereocenters. The summed E-state index contributed by atoms with van der Waals surface area (Å²) < 4.78 is 23.8. The maximum atomic E-state index is 13.6. The van der Waals surface area contributed by atoms with E-state index in [0.717, 1.165) is 6.42 Å². The number of hydrogen-bond acceptors (Lipinski definition) is 4. The Morgan fingerprint density at radius 2 is 2.16 bits per heavy atom. The van der Waals surface area contributed by atoms with Gasteiger partial charge in [0.25, 0.3) is 0 Å². The standard InChI is InChI=1S/C13H19FN2O2S/c1-17-8-9-18-7-3-6-16-11-5-2-4-10(14)12(11)13(15)19/h2,4-5,16H,3,6-9H2,1H3,(H2,15,19). The SMILES string of the molecule is COCCOCCCNc1cccc(F)c1C(N)=S. The third-order valence-corrected chi connectivity index (χ3v) is 2.68. The average molecular weight is 286 g/mol. The van der Waals surface area contributed by atoms with Gasteiger partial charge in [0.1, 0.15) is 10.8 Å². The number of nitrogens with one attached hydrogen (secondary N) is 1. The molecule has 1 aromatic carbocycles. The molecule has 0 heterocycles. The quantitative estimate of drug-likeness (QED) is 0.536. The van der Waals surface area contributed by atoms with Crippen LogP contribution in [0.15, 0.2) is 18.2 Å². The van der Waals surface area contributed by atoms with E-state index in [1.165, 1.54) is 6.07 Å². The van der Waals surface area contributed by atoms with Gasteiger partial charge in [-0.3, -0.25) is 0 Å². The third-order valence-electron chi connectivity index (χ3n) is 2.47. The second-order valence-corrected chi connectivity index (χ2v) is 4.35. The van der Waals surface area contributed by atoms with Crippen molar-refractivity contribution in [2.45, 2.75) is 6.42 Å². The van der Waals surface area contributed by atoms with Crippen LogP contribution in [0.1, 0.15) is 12.0 Å². The number of rotatable bonds is 9. The molecule has 0 saturated heterocycles. The predicted octanol–water partition coefficient (Wildman–Crippen LogP) is 1.92. The Bertz CT molecular complexity index is 416. The Kier molecular flexibility index (Phi) is 7.32. The molecular weight excluding hydrogens is 267 g/mol. The molecule has 0 aliphatic carbocycles. The smallest absolute Gasteiger partial charge is 0.135 e. The zero-order valence-electron chi connectivity index (χ0n) is 10.9. The largest absolute Gasteiger partial charge is 0.389 e. The van der Waals surface area contributed by atoms with Crippen LogP contribution in [0.4, 0.5) is 10.1 Å². The van der Waals surface area contributed by atoms with Crippen LogP contribution < -0.4 is 11.1 Å². The van der Waals surface area contributed by atoms with Crippen LogP contribution in [0.25, 0.3) is 0 Å². The molecule has 1 aromatic rings. The Balaban J connectivity index is 2.37. The summed E-state index contributed by atoms with van der Waals surface area (Å²) in [5.41, 5.74) is 6.39. The second-order valence-electron chi connectivity index (χ2n) is 3.91. The molecule has 0 aliphatic heterocycles. The van der Waals surface area contributed by atoms with E-state index >= 15 is 0 Å². The highest BCUT2D eigenvalue weighted by Gasteiger charge is 2.10. The van der Waals surface area contributed by atoms with Gasteiger partial charge in [-0.1, -0.05) is 18.3 Å².